The Morgan fingerprint density at radius 3 is 2.93 bits per heavy atom. The summed E-state index contributed by atoms with van der Waals surface area (Å²) >= 11 is 3.32. The van der Waals surface area contributed by atoms with Crippen LogP contribution in [0.5, 0.6) is 0 Å². The van der Waals surface area contributed by atoms with E-state index >= 15 is 0 Å². The number of benzene rings is 1. The second kappa shape index (κ2) is 5.82. The number of hydrogen-bond acceptors (Lipinski definition) is 2. The first-order valence-electron chi connectivity index (χ1n) is 4.65. The van der Waals surface area contributed by atoms with Gasteiger partial charge in [-0.05, 0) is 24.6 Å². The molecule has 1 aromatic carbocycles. The number of hydrazine groups is 1. The van der Waals surface area contributed by atoms with E-state index in [1.54, 1.807) is 6.07 Å². The van der Waals surface area contributed by atoms with Gasteiger partial charge in [-0.25, -0.2) is 10.2 Å². The van der Waals surface area contributed by atoms with Crippen LogP contribution in [0.15, 0.2) is 27.7 Å². The monoisotopic (exact) mass is 273 g/mol. The van der Waals surface area contributed by atoms with Crippen LogP contribution in [0.2, 0.25) is 0 Å². The van der Waals surface area contributed by atoms with Crippen molar-refractivity contribution < 1.29 is 4.39 Å². The van der Waals surface area contributed by atoms with Gasteiger partial charge in [0.15, 0.2) is 0 Å². The van der Waals surface area contributed by atoms with Crippen molar-refractivity contribution in [3.05, 3.63) is 34.1 Å². The predicted molar refractivity (Wildman–Crippen MR) is 63.1 cm³/mol. The molecule has 0 aliphatic rings. The number of nitrogens with one attached hydrogen (secondary N) is 1. The second-order valence-corrected chi connectivity index (χ2v) is 3.85. The Morgan fingerprint density at radius 1 is 1.60 bits per heavy atom. The minimum atomic E-state index is -0.312. The number of aliphatic imine (C=N–C) groups is 1. The quantitative estimate of drug-likeness (QED) is 0.384. The van der Waals surface area contributed by atoms with Crippen LogP contribution in [0.1, 0.15) is 18.9 Å². The van der Waals surface area contributed by atoms with Crippen molar-refractivity contribution in [3.63, 3.8) is 0 Å². The molecule has 0 saturated carbocycles. The molecule has 0 aromatic heterocycles. The third-order valence-electron chi connectivity index (χ3n) is 1.81. The summed E-state index contributed by atoms with van der Waals surface area (Å²) in [5.74, 6) is 5.52. The standard InChI is InChI=1S/C10H13BrFN3/c1-2-5-14-10(15-13)8-6-7(12)3-4-9(8)11/h3-4,6H,2,5,13H2,1H3,(H,14,15). The lowest BCUT2D eigenvalue weighted by atomic mass is 10.2. The van der Waals surface area contributed by atoms with Crippen LogP contribution in [0, 0.1) is 5.82 Å². The third-order valence-corrected chi connectivity index (χ3v) is 2.51. The van der Waals surface area contributed by atoms with E-state index in [0.717, 1.165) is 10.9 Å². The maximum absolute atomic E-state index is 13.0. The lowest BCUT2D eigenvalue weighted by Crippen LogP contribution is -2.31. The van der Waals surface area contributed by atoms with Crippen molar-refractivity contribution in [1.82, 2.24) is 5.43 Å². The van der Waals surface area contributed by atoms with E-state index in [1.165, 1.54) is 12.1 Å². The molecule has 1 aromatic rings. The van der Waals surface area contributed by atoms with Crippen molar-refractivity contribution in [3.8, 4) is 0 Å². The Bertz CT molecular complexity index is 366. The largest absolute Gasteiger partial charge is 0.308 e. The maximum Gasteiger partial charge on any atom is 0.143 e. The number of hydrogen-bond donors (Lipinski definition) is 2. The Balaban J connectivity index is 3.05. The van der Waals surface area contributed by atoms with Crippen LogP contribution in [0.3, 0.4) is 0 Å². The molecule has 0 unspecified atom stereocenters. The van der Waals surface area contributed by atoms with Gasteiger partial charge in [0, 0.05) is 16.6 Å². The zero-order valence-electron chi connectivity index (χ0n) is 8.43. The van der Waals surface area contributed by atoms with Gasteiger partial charge in [-0.2, -0.15) is 0 Å². The average molecular weight is 274 g/mol. The van der Waals surface area contributed by atoms with Crippen LogP contribution in [0.4, 0.5) is 4.39 Å². The molecule has 0 aliphatic heterocycles. The molecule has 0 bridgehead atoms. The van der Waals surface area contributed by atoms with Gasteiger partial charge in [0.05, 0.1) is 0 Å². The van der Waals surface area contributed by atoms with Crippen molar-refractivity contribution >= 4 is 21.8 Å². The van der Waals surface area contributed by atoms with Crippen molar-refractivity contribution in [2.24, 2.45) is 10.8 Å². The molecular weight excluding hydrogens is 261 g/mol. The van der Waals surface area contributed by atoms with E-state index in [0.29, 0.717) is 17.9 Å². The van der Waals surface area contributed by atoms with E-state index in [9.17, 15) is 4.39 Å². The highest BCUT2D eigenvalue weighted by Gasteiger charge is 2.07. The molecule has 0 aliphatic carbocycles. The fourth-order valence-electron chi connectivity index (χ4n) is 1.11. The van der Waals surface area contributed by atoms with Crippen molar-refractivity contribution in [2.45, 2.75) is 13.3 Å². The molecule has 0 amide bonds. The molecular formula is C10H13BrFN3. The summed E-state index contributed by atoms with van der Waals surface area (Å²) in [6.07, 6.45) is 0.915. The SMILES string of the molecule is CCCN=C(NN)c1cc(F)ccc1Br. The normalized spacial score (nSPS) is 11.6. The first-order valence-corrected chi connectivity index (χ1v) is 5.44. The van der Waals surface area contributed by atoms with Crippen molar-refractivity contribution in [2.75, 3.05) is 6.54 Å². The molecule has 0 fully saturated rings. The topological polar surface area (TPSA) is 50.4 Å². The number of rotatable bonds is 3. The Labute approximate surface area is 96.7 Å². The summed E-state index contributed by atoms with van der Waals surface area (Å²) in [6, 6.07) is 4.39. The number of nitrogens with zero attached hydrogens (tertiary/aromatic N) is 1. The van der Waals surface area contributed by atoms with Gasteiger partial charge in [-0.3, -0.25) is 4.99 Å². The zero-order chi connectivity index (χ0) is 11.3. The van der Waals surface area contributed by atoms with E-state index < -0.39 is 0 Å². The summed E-state index contributed by atoms with van der Waals surface area (Å²) in [6.45, 7) is 2.67. The fraction of sp³-hybridized carbons (Fsp3) is 0.300. The predicted octanol–water partition coefficient (Wildman–Crippen LogP) is 2.21. The molecule has 0 heterocycles. The third kappa shape index (κ3) is 3.28. The van der Waals surface area contributed by atoms with Gasteiger partial charge in [-0.1, -0.05) is 22.9 Å². The minimum absolute atomic E-state index is 0.312. The highest BCUT2D eigenvalue weighted by atomic mass is 79.9. The highest BCUT2D eigenvalue weighted by Crippen LogP contribution is 2.17. The average Bonchev–Trinajstić information content (AvgIpc) is 2.24. The second-order valence-electron chi connectivity index (χ2n) is 3.00. The van der Waals surface area contributed by atoms with Crippen LogP contribution in [-0.2, 0) is 0 Å². The molecule has 1 rings (SSSR count). The van der Waals surface area contributed by atoms with Gasteiger partial charge in [0.2, 0.25) is 0 Å². The molecule has 82 valence electrons. The van der Waals surface area contributed by atoms with E-state index in [2.05, 4.69) is 26.3 Å². The summed E-state index contributed by atoms with van der Waals surface area (Å²) < 4.78 is 13.8. The molecule has 5 heteroatoms. The lowest BCUT2D eigenvalue weighted by Gasteiger charge is -2.07. The van der Waals surface area contributed by atoms with Gasteiger partial charge in [0.1, 0.15) is 11.7 Å². The molecule has 0 spiro atoms. The molecule has 0 saturated heterocycles. The summed E-state index contributed by atoms with van der Waals surface area (Å²) in [7, 11) is 0. The van der Waals surface area contributed by atoms with E-state index in [1.807, 2.05) is 6.92 Å². The minimum Gasteiger partial charge on any atom is -0.308 e. The Morgan fingerprint density at radius 2 is 2.33 bits per heavy atom. The fourth-order valence-corrected chi connectivity index (χ4v) is 1.55. The molecule has 15 heavy (non-hydrogen) atoms. The number of halogens is 2. The Hall–Kier alpha value is -0.940. The summed E-state index contributed by atoms with van der Waals surface area (Å²) in [4.78, 5) is 4.22. The lowest BCUT2D eigenvalue weighted by molar-refractivity contribution is 0.627. The van der Waals surface area contributed by atoms with Gasteiger partial charge in [-0.15, -0.1) is 0 Å². The van der Waals surface area contributed by atoms with Crippen LogP contribution >= 0.6 is 15.9 Å². The molecule has 3 nitrogen and oxygen atoms in total. The highest BCUT2D eigenvalue weighted by molar-refractivity contribution is 9.10. The molecule has 0 atom stereocenters. The van der Waals surface area contributed by atoms with Gasteiger partial charge in [0.25, 0.3) is 0 Å². The van der Waals surface area contributed by atoms with Gasteiger partial charge < -0.3 is 5.43 Å². The van der Waals surface area contributed by atoms with Crippen LogP contribution in [-0.4, -0.2) is 12.4 Å². The summed E-state index contributed by atoms with van der Waals surface area (Å²) in [5, 5.41) is 0. The van der Waals surface area contributed by atoms with E-state index in [-0.39, 0.29) is 5.82 Å². The molecule has 3 N–H and O–H groups in total. The smallest absolute Gasteiger partial charge is 0.143 e. The first-order chi connectivity index (χ1) is 7.19. The Kier molecular flexibility index (Phi) is 4.71. The van der Waals surface area contributed by atoms with Crippen molar-refractivity contribution in [1.29, 1.82) is 0 Å². The van der Waals surface area contributed by atoms with Crippen LogP contribution < -0.4 is 11.3 Å². The maximum atomic E-state index is 13.0. The zero-order valence-corrected chi connectivity index (χ0v) is 10.0. The van der Waals surface area contributed by atoms with E-state index in [4.69, 9.17) is 5.84 Å². The first kappa shape index (κ1) is 12.1. The molecule has 0 radical (unpaired) electrons. The number of amidine groups is 1. The number of nitrogens with two attached hydrogens (primary N) is 1. The summed E-state index contributed by atoms with van der Waals surface area (Å²) in [5.41, 5.74) is 3.11. The van der Waals surface area contributed by atoms with Gasteiger partial charge >= 0.3 is 0 Å². The van der Waals surface area contributed by atoms with Crippen LogP contribution in [0.25, 0.3) is 0 Å².